The molecule has 2 aromatic rings. The van der Waals surface area contributed by atoms with E-state index < -0.39 is 11.9 Å². The van der Waals surface area contributed by atoms with E-state index in [1.54, 1.807) is 0 Å². The summed E-state index contributed by atoms with van der Waals surface area (Å²) >= 11 is 5.97. The molecule has 158 valence electrons. The number of rotatable bonds is 6. The van der Waals surface area contributed by atoms with E-state index >= 15 is 0 Å². The van der Waals surface area contributed by atoms with Crippen LogP contribution in [-0.2, 0) is 25.6 Å². The second-order valence-corrected chi connectivity index (χ2v) is 8.31. The number of nitrogens with one attached hydrogen (secondary N) is 1. The molecule has 1 unspecified atom stereocenters. The van der Waals surface area contributed by atoms with Gasteiger partial charge in [0.15, 0.2) is 11.4 Å². The van der Waals surface area contributed by atoms with Gasteiger partial charge in [0.2, 0.25) is 0 Å². The summed E-state index contributed by atoms with van der Waals surface area (Å²) in [5.41, 5.74) is 0.594. The number of carbonyl (C=O) groups excluding carboxylic acids is 1. The zero-order valence-electron chi connectivity index (χ0n) is 16.0. The topological polar surface area (TPSA) is 73.0 Å². The number of halogens is 4. The zero-order chi connectivity index (χ0) is 20.8. The highest BCUT2D eigenvalue weighted by Crippen LogP contribution is 2.46. The van der Waals surface area contributed by atoms with Crippen LogP contribution in [0.2, 0.25) is 5.02 Å². The predicted octanol–water partition coefficient (Wildman–Crippen LogP) is 4.37. The Labute approximate surface area is 170 Å². The van der Waals surface area contributed by atoms with E-state index in [0.29, 0.717) is 30.3 Å². The molecule has 0 aromatic carbocycles. The van der Waals surface area contributed by atoms with Crippen molar-refractivity contribution in [3.63, 3.8) is 0 Å². The van der Waals surface area contributed by atoms with Crippen LogP contribution in [0.25, 0.3) is 0 Å². The fourth-order valence-electron chi connectivity index (χ4n) is 3.82. The largest absolute Gasteiger partial charge is 0.436 e. The maximum absolute atomic E-state index is 13.1. The Morgan fingerprint density at radius 2 is 2.10 bits per heavy atom. The van der Waals surface area contributed by atoms with Gasteiger partial charge >= 0.3 is 6.18 Å². The number of alkyl halides is 3. The summed E-state index contributed by atoms with van der Waals surface area (Å²) < 4.78 is 46.0. The van der Waals surface area contributed by atoms with Crippen molar-refractivity contribution < 1.29 is 22.5 Å². The summed E-state index contributed by atoms with van der Waals surface area (Å²) in [6.45, 7) is 2.66. The number of nitrogens with zero attached hydrogens (tertiary/aromatic N) is 3. The third-order valence-electron chi connectivity index (χ3n) is 5.50. The van der Waals surface area contributed by atoms with Crippen LogP contribution in [0.5, 0.6) is 0 Å². The molecule has 1 amide bonds. The van der Waals surface area contributed by atoms with Crippen molar-refractivity contribution in [1.29, 1.82) is 0 Å². The van der Waals surface area contributed by atoms with Crippen LogP contribution in [0.15, 0.2) is 4.52 Å². The Balaban J connectivity index is 1.37. The van der Waals surface area contributed by atoms with Gasteiger partial charge in [-0.15, -0.1) is 0 Å². The third-order valence-corrected chi connectivity index (χ3v) is 5.87. The Bertz CT molecular complexity index is 917. The normalized spacial score (nSPS) is 19.3. The smallest absolute Gasteiger partial charge is 0.360 e. The highest BCUT2D eigenvalue weighted by molar-refractivity contribution is 6.32. The van der Waals surface area contributed by atoms with Gasteiger partial charge in [0.25, 0.3) is 5.91 Å². The molecule has 0 aliphatic heterocycles. The molecular weight excluding hydrogens is 409 g/mol. The number of aromatic nitrogens is 3. The van der Waals surface area contributed by atoms with Crippen LogP contribution >= 0.6 is 11.6 Å². The number of fused-ring (bicyclic) bond motifs is 1. The maximum atomic E-state index is 13.1. The number of aryl methyl sites for hydroxylation is 2. The van der Waals surface area contributed by atoms with Gasteiger partial charge in [0.1, 0.15) is 5.76 Å². The second kappa shape index (κ2) is 7.66. The summed E-state index contributed by atoms with van der Waals surface area (Å²) in [7, 11) is 0. The molecule has 2 heterocycles. The Morgan fingerprint density at radius 3 is 2.79 bits per heavy atom. The van der Waals surface area contributed by atoms with Gasteiger partial charge in [-0.2, -0.15) is 18.3 Å². The van der Waals surface area contributed by atoms with Crippen LogP contribution in [-0.4, -0.2) is 27.4 Å². The van der Waals surface area contributed by atoms with Gasteiger partial charge in [-0.3, -0.25) is 9.48 Å². The minimum absolute atomic E-state index is 0.0318. The molecule has 1 atom stereocenters. The quantitative estimate of drug-likeness (QED) is 0.691. The second-order valence-electron chi connectivity index (χ2n) is 7.93. The van der Waals surface area contributed by atoms with E-state index in [2.05, 4.69) is 22.5 Å². The summed E-state index contributed by atoms with van der Waals surface area (Å²) in [5.74, 6) is 0.959. The third kappa shape index (κ3) is 4.15. The molecule has 1 fully saturated rings. The van der Waals surface area contributed by atoms with Crippen LogP contribution in [0.3, 0.4) is 0 Å². The highest BCUT2D eigenvalue weighted by Gasteiger charge is 2.41. The van der Waals surface area contributed by atoms with Gasteiger partial charge in [0, 0.05) is 31.0 Å². The molecule has 10 heteroatoms. The first-order valence-corrected chi connectivity index (χ1v) is 10.2. The van der Waals surface area contributed by atoms with Crippen LogP contribution in [0.1, 0.15) is 71.7 Å². The fourth-order valence-corrected chi connectivity index (χ4v) is 4.22. The molecule has 0 spiro atoms. The van der Waals surface area contributed by atoms with Crippen LogP contribution in [0.4, 0.5) is 13.2 Å². The molecular formula is C19H22ClF3N4O2. The van der Waals surface area contributed by atoms with Crippen molar-refractivity contribution >= 4 is 17.5 Å². The number of hydrogen-bond acceptors (Lipinski definition) is 4. The SMILES string of the molecule is CC1CCc2onc(C(=O)NCCCn3nc(C(F)(F)F)c(Cl)c3C3CC3)c2C1. The fraction of sp³-hybridized carbons (Fsp3) is 0.632. The average Bonchev–Trinajstić information content (AvgIpc) is 3.30. The summed E-state index contributed by atoms with van der Waals surface area (Å²) in [4.78, 5) is 12.4. The Morgan fingerprint density at radius 1 is 1.34 bits per heavy atom. The van der Waals surface area contributed by atoms with Crippen molar-refractivity contribution in [2.24, 2.45) is 5.92 Å². The van der Waals surface area contributed by atoms with E-state index in [1.165, 1.54) is 4.68 Å². The van der Waals surface area contributed by atoms with Crippen LogP contribution < -0.4 is 5.32 Å². The first-order valence-electron chi connectivity index (χ1n) is 9.84. The first kappa shape index (κ1) is 20.3. The molecule has 0 radical (unpaired) electrons. The lowest BCUT2D eigenvalue weighted by atomic mass is 9.88. The van der Waals surface area contributed by atoms with Gasteiger partial charge < -0.3 is 9.84 Å². The minimum atomic E-state index is -4.58. The molecule has 2 aromatic heterocycles. The molecule has 2 aliphatic carbocycles. The lowest BCUT2D eigenvalue weighted by Crippen LogP contribution is -2.27. The number of hydrogen-bond donors (Lipinski definition) is 1. The van der Waals surface area contributed by atoms with Crippen molar-refractivity contribution in [3.8, 4) is 0 Å². The molecule has 4 rings (SSSR count). The van der Waals surface area contributed by atoms with E-state index in [-0.39, 0.29) is 23.4 Å². The molecule has 6 nitrogen and oxygen atoms in total. The predicted molar refractivity (Wildman–Crippen MR) is 98.9 cm³/mol. The lowest BCUT2D eigenvalue weighted by molar-refractivity contribution is -0.141. The average molecular weight is 431 g/mol. The molecule has 0 saturated heterocycles. The Hall–Kier alpha value is -2.03. The van der Waals surface area contributed by atoms with E-state index in [4.69, 9.17) is 16.1 Å². The molecule has 0 bridgehead atoms. The summed E-state index contributed by atoms with van der Waals surface area (Å²) in [5, 5.41) is 10.1. The monoisotopic (exact) mass is 430 g/mol. The molecule has 1 N–H and O–H groups in total. The van der Waals surface area contributed by atoms with Crippen molar-refractivity contribution in [1.82, 2.24) is 20.3 Å². The maximum Gasteiger partial charge on any atom is 0.436 e. The Kier molecular flexibility index (Phi) is 5.35. The van der Waals surface area contributed by atoms with Gasteiger partial charge in [-0.05, 0) is 38.0 Å². The van der Waals surface area contributed by atoms with Gasteiger partial charge in [-0.1, -0.05) is 23.7 Å². The number of amides is 1. The van der Waals surface area contributed by atoms with Gasteiger partial charge in [-0.25, -0.2) is 0 Å². The number of carbonyl (C=O) groups is 1. The van der Waals surface area contributed by atoms with E-state index in [1.807, 2.05) is 0 Å². The van der Waals surface area contributed by atoms with E-state index in [9.17, 15) is 18.0 Å². The standard InChI is InChI=1S/C19H22ClF3N4O2/c1-10-3-6-13-12(9-10)15(26-29-13)18(28)24-7-2-8-27-16(11-4-5-11)14(20)17(25-27)19(21,22)23/h10-11H,2-9H2,1H3,(H,24,28). The van der Waals surface area contributed by atoms with Crippen LogP contribution in [0, 0.1) is 5.92 Å². The van der Waals surface area contributed by atoms with E-state index in [0.717, 1.165) is 43.4 Å². The lowest BCUT2D eigenvalue weighted by Gasteiger charge is -2.16. The molecule has 29 heavy (non-hydrogen) atoms. The zero-order valence-corrected chi connectivity index (χ0v) is 16.7. The molecule has 2 aliphatic rings. The van der Waals surface area contributed by atoms with Gasteiger partial charge in [0.05, 0.1) is 10.7 Å². The summed E-state index contributed by atoms with van der Waals surface area (Å²) in [6, 6.07) is 0. The van der Waals surface area contributed by atoms with Crippen molar-refractivity contribution in [2.45, 2.75) is 64.1 Å². The summed E-state index contributed by atoms with van der Waals surface area (Å²) in [6.07, 6.45) is 0.0322. The highest BCUT2D eigenvalue weighted by atomic mass is 35.5. The minimum Gasteiger partial charge on any atom is -0.360 e. The molecule has 1 saturated carbocycles. The first-order chi connectivity index (χ1) is 13.8. The van der Waals surface area contributed by atoms with Crippen molar-refractivity contribution in [2.75, 3.05) is 6.54 Å². The van der Waals surface area contributed by atoms with Crippen molar-refractivity contribution in [3.05, 3.63) is 33.4 Å².